The van der Waals surface area contributed by atoms with E-state index in [0.29, 0.717) is 24.5 Å². The maximum Gasteiger partial charge on any atom is 0.335 e. The van der Waals surface area contributed by atoms with E-state index in [9.17, 15) is 14.7 Å². The Kier molecular flexibility index (Phi) is 6.74. The van der Waals surface area contributed by atoms with E-state index in [1.807, 2.05) is 43.4 Å². The molecule has 1 aromatic heterocycles. The number of nitrogens with one attached hydrogen (secondary N) is 1. The zero-order valence-electron chi connectivity index (χ0n) is 18.7. The summed E-state index contributed by atoms with van der Waals surface area (Å²) in [5.41, 5.74) is 3.65. The Morgan fingerprint density at radius 2 is 2.06 bits per heavy atom. The summed E-state index contributed by atoms with van der Waals surface area (Å²) in [6.45, 7) is 1.53. The molecular formula is C25H27N3O5. The van der Waals surface area contributed by atoms with Gasteiger partial charge in [-0.3, -0.25) is 9.89 Å². The normalized spacial score (nSPS) is 15.1. The summed E-state index contributed by atoms with van der Waals surface area (Å²) >= 11 is 0. The second-order valence-electron chi connectivity index (χ2n) is 8.44. The molecule has 0 spiro atoms. The van der Waals surface area contributed by atoms with Gasteiger partial charge in [0.15, 0.2) is 0 Å². The number of carbonyl (C=O) groups excluding carboxylic acids is 1. The van der Waals surface area contributed by atoms with Crippen molar-refractivity contribution in [2.75, 3.05) is 33.9 Å². The molecule has 2 heterocycles. The number of hydrogen-bond donors (Lipinski definition) is 2. The fourth-order valence-corrected chi connectivity index (χ4v) is 3.83. The summed E-state index contributed by atoms with van der Waals surface area (Å²) < 4.78 is 11.8. The van der Waals surface area contributed by atoms with E-state index < -0.39 is 5.97 Å². The van der Waals surface area contributed by atoms with Crippen molar-refractivity contribution in [1.82, 2.24) is 15.1 Å². The zero-order chi connectivity index (χ0) is 23.4. The minimum absolute atomic E-state index is 0.0369. The number of likely N-dealkylation sites (N-methyl/N-ethyl adjacent to an activating group) is 1. The Balaban J connectivity index is 1.51. The highest BCUT2D eigenvalue weighted by Crippen LogP contribution is 2.31. The fraction of sp³-hybridized carbons (Fsp3) is 0.320. The summed E-state index contributed by atoms with van der Waals surface area (Å²) in [7, 11) is 3.96. The van der Waals surface area contributed by atoms with Gasteiger partial charge < -0.3 is 19.5 Å². The topological polar surface area (TPSA) is 105 Å². The van der Waals surface area contributed by atoms with E-state index in [0.717, 1.165) is 28.8 Å². The number of nitrogens with zero attached hydrogens (tertiary/aromatic N) is 2. The van der Waals surface area contributed by atoms with Gasteiger partial charge in [-0.1, -0.05) is 12.1 Å². The average molecular weight is 450 g/mol. The van der Waals surface area contributed by atoms with Crippen LogP contribution < -0.4 is 9.47 Å². The quantitative estimate of drug-likeness (QED) is 0.517. The summed E-state index contributed by atoms with van der Waals surface area (Å²) in [6.07, 6.45) is 4.22. The first-order chi connectivity index (χ1) is 15.9. The number of carboxylic acids is 1. The molecule has 8 nitrogen and oxygen atoms in total. The summed E-state index contributed by atoms with van der Waals surface area (Å²) in [5.74, 6) is 0.0125. The number of H-pyrrole nitrogens is 1. The van der Waals surface area contributed by atoms with Crippen LogP contribution >= 0.6 is 0 Å². The summed E-state index contributed by atoms with van der Waals surface area (Å²) in [6, 6.07) is 10.6. The van der Waals surface area contributed by atoms with Gasteiger partial charge in [0.1, 0.15) is 23.9 Å². The average Bonchev–Trinajstić information content (AvgIpc) is 3.34. The lowest BCUT2D eigenvalue weighted by atomic mass is 9.89. The van der Waals surface area contributed by atoms with Crippen molar-refractivity contribution >= 4 is 11.8 Å². The van der Waals surface area contributed by atoms with Crippen LogP contribution in [0, 0.1) is 5.92 Å². The van der Waals surface area contributed by atoms with Gasteiger partial charge in [-0.15, -0.1) is 0 Å². The lowest BCUT2D eigenvalue weighted by molar-refractivity contribution is -0.123. The highest BCUT2D eigenvalue weighted by molar-refractivity contribution is 5.88. The second-order valence-corrected chi connectivity index (χ2v) is 8.44. The van der Waals surface area contributed by atoms with Gasteiger partial charge in [0, 0.05) is 30.3 Å². The molecule has 4 rings (SSSR count). The van der Waals surface area contributed by atoms with Gasteiger partial charge in [0.2, 0.25) is 0 Å². The Morgan fingerprint density at radius 3 is 2.79 bits per heavy atom. The number of ketones is 1. The third-order valence-corrected chi connectivity index (χ3v) is 5.73. The van der Waals surface area contributed by atoms with Crippen LogP contribution in [0.4, 0.5) is 0 Å². The van der Waals surface area contributed by atoms with Crippen molar-refractivity contribution in [3.8, 4) is 22.6 Å². The van der Waals surface area contributed by atoms with Crippen LogP contribution in [0.25, 0.3) is 11.1 Å². The first-order valence-corrected chi connectivity index (χ1v) is 10.8. The number of carbonyl (C=O) groups is 2. The summed E-state index contributed by atoms with van der Waals surface area (Å²) in [5, 5.41) is 16.1. The van der Waals surface area contributed by atoms with E-state index in [-0.39, 0.29) is 30.3 Å². The number of benzene rings is 2. The molecule has 1 aliphatic heterocycles. The van der Waals surface area contributed by atoms with Crippen molar-refractivity contribution in [3.63, 3.8) is 0 Å². The number of aromatic amines is 1. The number of hydrogen-bond acceptors (Lipinski definition) is 6. The number of rotatable bonds is 9. The monoisotopic (exact) mass is 449 g/mol. The molecule has 33 heavy (non-hydrogen) atoms. The van der Waals surface area contributed by atoms with Gasteiger partial charge in [0.05, 0.1) is 24.3 Å². The number of fused-ring (bicyclic) bond motifs is 1. The second kappa shape index (κ2) is 9.87. The van der Waals surface area contributed by atoms with E-state index in [1.54, 1.807) is 18.3 Å². The Bertz CT molecular complexity index is 1140. The van der Waals surface area contributed by atoms with Crippen molar-refractivity contribution in [2.45, 2.75) is 12.8 Å². The number of aromatic carboxylic acids is 1. The highest BCUT2D eigenvalue weighted by atomic mass is 16.5. The standard InChI is InChI=1S/C25H27N3O5/c1-28(2)7-8-32-24-12-16(21-13-26-27-14-21)3-4-17(24)11-22(29)20-10-19-9-18(25(30)31)5-6-23(19)33-15-20/h3-6,9,12-14,20H,7-8,10-11,15H2,1-2H3,(H,26,27)(H,30,31). The largest absolute Gasteiger partial charge is 0.493 e. The lowest BCUT2D eigenvalue weighted by Gasteiger charge is -2.25. The molecule has 3 aromatic rings. The molecule has 2 aromatic carbocycles. The van der Waals surface area contributed by atoms with Crippen LogP contribution in [0.1, 0.15) is 21.5 Å². The third kappa shape index (κ3) is 5.40. The van der Waals surface area contributed by atoms with E-state index in [1.165, 1.54) is 6.07 Å². The van der Waals surface area contributed by atoms with Crippen molar-refractivity contribution in [1.29, 1.82) is 0 Å². The van der Waals surface area contributed by atoms with Crippen LogP contribution in [-0.4, -0.2) is 65.8 Å². The van der Waals surface area contributed by atoms with Crippen LogP contribution in [0.5, 0.6) is 11.5 Å². The van der Waals surface area contributed by atoms with Gasteiger partial charge in [-0.2, -0.15) is 5.10 Å². The smallest absolute Gasteiger partial charge is 0.335 e. The predicted molar refractivity (Wildman–Crippen MR) is 123 cm³/mol. The fourth-order valence-electron chi connectivity index (χ4n) is 3.83. The molecule has 172 valence electrons. The first-order valence-electron chi connectivity index (χ1n) is 10.8. The molecule has 2 N–H and O–H groups in total. The molecule has 1 aliphatic rings. The minimum atomic E-state index is -0.997. The number of aromatic nitrogens is 2. The SMILES string of the molecule is CN(C)CCOc1cc(-c2cn[nH]c2)ccc1CC(=O)C1COc2ccc(C(=O)O)cc2C1. The minimum Gasteiger partial charge on any atom is -0.493 e. The maximum atomic E-state index is 13.2. The third-order valence-electron chi connectivity index (χ3n) is 5.73. The predicted octanol–water partition coefficient (Wildman–Crippen LogP) is 3.08. The molecular weight excluding hydrogens is 422 g/mol. The zero-order valence-corrected chi connectivity index (χ0v) is 18.7. The molecule has 0 radical (unpaired) electrons. The number of carboxylic acid groups (broad SMARTS) is 1. The van der Waals surface area contributed by atoms with Crippen LogP contribution in [0.2, 0.25) is 0 Å². The Hall–Kier alpha value is -3.65. The molecule has 0 saturated heterocycles. The summed E-state index contributed by atoms with van der Waals surface area (Å²) in [4.78, 5) is 26.5. The molecule has 0 saturated carbocycles. The van der Waals surface area contributed by atoms with E-state index in [2.05, 4.69) is 10.2 Å². The van der Waals surface area contributed by atoms with Crippen LogP contribution in [0.3, 0.4) is 0 Å². The van der Waals surface area contributed by atoms with Gasteiger partial charge in [-0.25, -0.2) is 4.79 Å². The highest BCUT2D eigenvalue weighted by Gasteiger charge is 2.27. The Morgan fingerprint density at radius 1 is 1.21 bits per heavy atom. The van der Waals surface area contributed by atoms with Crippen molar-refractivity contribution in [2.24, 2.45) is 5.92 Å². The van der Waals surface area contributed by atoms with Gasteiger partial charge in [0.25, 0.3) is 0 Å². The van der Waals surface area contributed by atoms with E-state index >= 15 is 0 Å². The molecule has 1 unspecified atom stereocenters. The number of Topliss-reactive ketones (excluding diaryl/α,β-unsaturated/α-hetero) is 1. The molecule has 0 bridgehead atoms. The Labute approximate surface area is 192 Å². The van der Waals surface area contributed by atoms with Crippen molar-refractivity contribution < 1.29 is 24.2 Å². The molecule has 8 heteroatoms. The van der Waals surface area contributed by atoms with Gasteiger partial charge in [-0.05, 0) is 55.9 Å². The molecule has 0 aliphatic carbocycles. The molecule has 0 fully saturated rings. The maximum absolute atomic E-state index is 13.2. The first kappa shape index (κ1) is 22.5. The van der Waals surface area contributed by atoms with E-state index in [4.69, 9.17) is 9.47 Å². The number of ether oxygens (including phenoxy) is 2. The van der Waals surface area contributed by atoms with Crippen molar-refractivity contribution in [3.05, 3.63) is 65.5 Å². The van der Waals surface area contributed by atoms with Crippen LogP contribution in [0.15, 0.2) is 48.8 Å². The molecule has 0 amide bonds. The van der Waals surface area contributed by atoms with Gasteiger partial charge >= 0.3 is 5.97 Å². The van der Waals surface area contributed by atoms with Crippen LogP contribution in [-0.2, 0) is 17.6 Å². The lowest BCUT2D eigenvalue weighted by Crippen LogP contribution is -2.29. The molecule has 1 atom stereocenters.